The molecular formula is C15H10N2O2S. The zero-order valence-corrected chi connectivity index (χ0v) is 11.5. The van der Waals surface area contributed by atoms with E-state index in [1.54, 1.807) is 12.5 Å². The van der Waals surface area contributed by atoms with Gasteiger partial charge in [-0.15, -0.1) is 0 Å². The van der Waals surface area contributed by atoms with Gasteiger partial charge in [-0.1, -0.05) is 11.3 Å². The third-order valence-electron chi connectivity index (χ3n) is 3.10. The van der Waals surface area contributed by atoms with Gasteiger partial charge in [-0.3, -0.25) is 0 Å². The van der Waals surface area contributed by atoms with Crippen molar-refractivity contribution in [3.8, 4) is 10.9 Å². The molecule has 98 valence electrons. The Balaban J connectivity index is 1.74. The number of ether oxygens (including phenoxy) is 1. The molecule has 0 aliphatic heterocycles. The van der Waals surface area contributed by atoms with Gasteiger partial charge in [0.2, 0.25) is 0 Å². The molecule has 0 bridgehead atoms. The van der Waals surface area contributed by atoms with E-state index in [-0.39, 0.29) is 0 Å². The maximum atomic E-state index is 5.80. The maximum absolute atomic E-state index is 5.80. The largest absolute Gasteiger partial charge is 0.464 e. The molecule has 0 atom stereocenters. The number of rotatable bonds is 2. The van der Waals surface area contributed by atoms with Crippen LogP contribution in [-0.2, 0) is 0 Å². The molecule has 0 aliphatic carbocycles. The Labute approximate surface area is 118 Å². The lowest BCUT2D eigenvalue weighted by Crippen LogP contribution is -1.82. The Morgan fingerprint density at radius 1 is 1.20 bits per heavy atom. The lowest BCUT2D eigenvalue weighted by atomic mass is 10.2. The summed E-state index contributed by atoms with van der Waals surface area (Å²) in [6.07, 6.45) is 3.43. The molecular weight excluding hydrogens is 272 g/mol. The van der Waals surface area contributed by atoms with Gasteiger partial charge in [-0.05, 0) is 36.8 Å². The van der Waals surface area contributed by atoms with E-state index in [2.05, 4.69) is 9.97 Å². The molecule has 0 fully saturated rings. The average Bonchev–Trinajstić information content (AvgIpc) is 3.05. The summed E-state index contributed by atoms with van der Waals surface area (Å²) in [6, 6.07) is 9.63. The molecule has 0 radical (unpaired) electrons. The van der Waals surface area contributed by atoms with E-state index in [0.717, 1.165) is 26.9 Å². The second-order valence-corrected chi connectivity index (χ2v) is 5.44. The van der Waals surface area contributed by atoms with Crippen LogP contribution in [0.25, 0.3) is 21.3 Å². The quantitative estimate of drug-likeness (QED) is 0.541. The van der Waals surface area contributed by atoms with E-state index >= 15 is 0 Å². The van der Waals surface area contributed by atoms with Gasteiger partial charge in [0.15, 0.2) is 5.65 Å². The predicted octanol–water partition coefficient (Wildman–Crippen LogP) is 4.54. The summed E-state index contributed by atoms with van der Waals surface area (Å²) in [6.45, 7) is 2.04. The molecule has 5 heteroatoms. The van der Waals surface area contributed by atoms with Crippen molar-refractivity contribution in [3.05, 3.63) is 48.4 Å². The van der Waals surface area contributed by atoms with Crippen LogP contribution in [0.3, 0.4) is 0 Å². The number of aryl methyl sites for hydroxylation is 1. The summed E-state index contributed by atoms with van der Waals surface area (Å²) in [5.74, 6) is 0.712. The first-order valence-corrected chi connectivity index (χ1v) is 6.98. The van der Waals surface area contributed by atoms with Crippen molar-refractivity contribution >= 4 is 32.7 Å². The van der Waals surface area contributed by atoms with Crippen LogP contribution >= 0.6 is 11.3 Å². The summed E-state index contributed by atoms with van der Waals surface area (Å²) < 4.78 is 12.2. The topological polar surface area (TPSA) is 48.2 Å². The van der Waals surface area contributed by atoms with Crippen molar-refractivity contribution in [3.63, 3.8) is 0 Å². The molecule has 3 heterocycles. The first kappa shape index (κ1) is 11.4. The van der Waals surface area contributed by atoms with Crippen LogP contribution in [0.5, 0.6) is 10.9 Å². The van der Waals surface area contributed by atoms with Crippen LogP contribution < -0.4 is 4.74 Å². The minimum absolute atomic E-state index is 0.590. The molecule has 4 nitrogen and oxygen atoms in total. The Morgan fingerprint density at radius 3 is 3.05 bits per heavy atom. The van der Waals surface area contributed by atoms with Crippen molar-refractivity contribution in [2.45, 2.75) is 6.92 Å². The molecule has 0 aliphatic rings. The van der Waals surface area contributed by atoms with Crippen LogP contribution in [0.1, 0.15) is 5.56 Å². The number of furan rings is 1. The number of hydrogen-bond acceptors (Lipinski definition) is 5. The Bertz CT molecular complexity index is 910. The number of thiazole rings is 1. The molecule has 0 unspecified atom stereocenters. The highest BCUT2D eigenvalue weighted by Gasteiger charge is 2.09. The van der Waals surface area contributed by atoms with Crippen molar-refractivity contribution in [1.29, 1.82) is 0 Å². The summed E-state index contributed by atoms with van der Waals surface area (Å²) in [5.41, 5.74) is 2.69. The van der Waals surface area contributed by atoms with Gasteiger partial charge in [0, 0.05) is 17.6 Å². The van der Waals surface area contributed by atoms with Gasteiger partial charge in [0.25, 0.3) is 5.19 Å². The van der Waals surface area contributed by atoms with E-state index < -0.39 is 0 Å². The SMILES string of the molecule is Cc1ccnc2nc(Oc3ccc4ccoc4c3)sc12. The van der Waals surface area contributed by atoms with Crippen LogP contribution in [0, 0.1) is 6.92 Å². The third-order valence-corrected chi connectivity index (χ3v) is 4.16. The standard InChI is InChI=1S/C15H10N2O2S/c1-9-4-6-16-14-13(9)20-15(17-14)19-11-3-2-10-5-7-18-12(10)8-11/h2-8H,1H3. The zero-order valence-electron chi connectivity index (χ0n) is 10.7. The minimum atomic E-state index is 0.590. The second kappa shape index (κ2) is 4.31. The Morgan fingerprint density at radius 2 is 2.15 bits per heavy atom. The molecule has 0 spiro atoms. The van der Waals surface area contributed by atoms with Crippen molar-refractivity contribution in [1.82, 2.24) is 9.97 Å². The molecule has 4 aromatic rings. The number of nitrogens with zero attached hydrogens (tertiary/aromatic N) is 2. The molecule has 0 saturated carbocycles. The summed E-state index contributed by atoms with van der Waals surface area (Å²) >= 11 is 1.50. The van der Waals surface area contributed by atoms with Crippen molar-refractivity contribution < 1.29 is 9.15 Å². The van der Waals surface area contributed by atoms with Crippen LogP contribution in [0.2, 0.25) is 0 Å². The average molecular weight is 282 g/mol. The Kier molecular flexibility index (Phi) is 2.47. The smallest absolute Gasteiger partial charge is 0.281 e. The van der Waals surface area contributed by atoms with E-state index in [1.165, 1.54) is 11.3 Å². The van der Waals surface area contributed by atoms with Gasteiger partial charge in [-0.25, -0.2) is 4.98 Å². The van der Waals surface area contributed by atoms with Gasteiger partial charge in [-0.2, -0.15) is 4.98 Å². The van der Waals surface area contributed by atoms with Gasteiger partial charge in [0.1, 0.15) is 11.3 Å². The lowest BCUT2D eigenvalue weighted by Gasteiger charge is -2.00. The Hall–Kier alpha value is -2.40. The second-order valence-electron chi connectivity index (χ2n) is 4.48. The summed E-state index contributed by atoms with van der Waals surface area (Å²) in [5, 5.41) is 1.65. The number of benzene rings is 1. The normalized spacial score (nSPS) is 11.2. The molecule has 0 N–H and O–H groups in total. The fourth-order valence-electron chi connectivity index (χ4n) is 2.08. The predicted molar refractivity (Wildman–Crippen MR) is 78.4 cm³/mol. The molecule has 0 amide bonds. The van der Waals surface area contributed by atoms with Crippen LogP contribution in [0.4, 0.5) is 0 Å². The molecule has 1 aromatic carbocycles. The van der Waals surface area contributed by atoms with Gasteiger partial charge in [0.05, 0.1) is 11.0 Å². The highest BCUT2D eigenvalue weighted by atomic mass is 32.1. The van der Waals surface area contributed by atoms with Crippen molar-refractivity contribution in [2.75, 3.05) is 0 Å². The van der Waals surface area contributed by atoms with E-state index in [1.807, 2.05) is 37.3 Å². The molecule has 0 saturated heterocycles. The highest BCUT2D eigenvalue weighted by Crippen LogP contribution is 2.33. The monoisotopic (exact) mass is 282 g/mol. The molecule has 20 heavy (non-hydrogen) atoms. The fourth-order valence-corrected chi connectivity index (χ4v) is 2.94. The fraction of sp³-hybridized carbons (Fsp3) is 0.0667. The maximum Gasteiger partial charge on any atom is 0.281 e. The number of pyridine rings is 1. The van der Waals surface area contributed by atoms with Crippen LogP contribution in [-0.4, -0.2) is 9.97 Å². The number of hydrogen-bond donors (Lipinski definition) is 0. The van der Waals surface area contributed by atoms with E-state index in [4.69, 9.17) is 9.15 Å². The zero-order chi connectivity index (χ0) is 13.5. The summed E-state index contributed by atoms with van der Waals surface area (Å²) in [7, 11) is 0. The first-order valence-electron chi connectivity index (χ1n) is 6.17. The minimum Gasteiger partial charge on any atom is -0.464 e. The van der Waals surface area contributed by atoms with Crippen molar-refractivity contribution in [2.24, 2.45) is 0 Å². The van der Waals surface area contributed by atoms with Crippen LogP contribution in [0.15, 0.2) is 47.2 Å². The molecule has 4 rings (SSSR count). The lowest BCUT2D eigenvalue weighted by molar-refractivity contribution is 0.479. The highest BCUT2D eigenvalue weighted by molar-refractivity contribution is 7.20. The summed E-state index contributed by atoms with van der Waals surface area (Å²) in [4.78, 5) is 8.64. The van der Waals surface area contributed by atoms with E-state index in [9.17, 15) is 0 Å². The third kappa shape index (κ3) is 1.83. The van der Waals surface area contributed by atoms with Gasteiger partial charge < -0.3 is 9.15 Å². The number of aromatic nitrogens is 2. The number of fused-ring (bicyclic) bond motifs is 2. The van der Waals surface area contributed by atoms with E-state index in [0.29, 0.717) is 10.9 Å². The molecule has 3 aromatic heterocycles. The van der Waals surface area contributed by atoms with Gasteiger partial charge >= 0.3 is 0 Å². The first-order chi connectivity index (χ1) is 9.79.